The summed E-state index contributed by atoms with van der Waals surface area (Å²) in [5.41, 5.74) is 0. The smallest absolute Gasteiger partial charge is 0.240 e. The van der Waals surface area contributed by atoms with Crippen LogP contribution in [-0.2, 0) is 10.3 Å². The monoisotopic (exact) mass is 155 g/mol. The molecule has 1 rings (SSSR count). The molecule has 0 bridgehead atoms. The molecule has 0 saturated heterocycles. The largest absolute Gasteiger partial charge is 0.241 e. The summed E-state index contributed by atoms with van der Waals surface area (Å²) in [6.07, 6.45) is 1.44. The Bertz CT molecular complexity index is 353. The lowest BCUT2D eigenvalue weighted by atomic mass is 10.5. The van der Waals surface area contributed by atoms with Crippen LogP contribution in [0.15, 0.2) is 30.5 Å². The highest BCUT2D eigenvalue weighted by Gasteiger charge is 1.75. The molecule has 0 radical (unpaired) electrons. The van der Waals surface area contributed by atoms with Gasteiger partial charge in [-0.3, -0.25) is 0 Å². The van der Waals surface area contributed by atoms with Crippen LogP contribution in [0.1, 0.15) is 0 Å². The van der Waals surface area contributed by atoms with Crippen LogP contribution in [-0.4, -0.2) is 13.4 Å². The number of aromatic nitrogens is 1. The third kappa shape index (κ3) is 1.66. The molecule has 0 amide bonds. The molecule has 0 aliphatic heterocycles. The maximum absolute atomic E-state index is 10.3. The van der Waals surface area contributed by atoms with Crippen molar-refractivity contribution in [2.24, 2.45) is 0 Å². The van der Waals surface area contributed by atoms with E-state index in [2.05, 4.69) is 4.98 Å². The fourth-order valence-electron chi connectivity index (χ4n) is 0.510. The van der Waals surface area contributed by atoms with Gasteiger partial charge in [0.25, 0.3) is 0 Å². The third-order valence-corrected chi connectivity index (χ3v) is 1.50. The van der Waals surface area contributed by atoms with E-state index < -0.39 is 10.3 Å². The summed E-state index contributed by atoms with van der Waals surface area (Å²) in [5.74, 6) is 0. The highest BCUT2D eigenvalue weighted by atomic mass is 32.2. The Balaban J connectivity index is 3.70. The summed E-state index contributed by atoms with van der Waals surface area (Å²) in [7, 11) is -2.22. The molecule has 0 saturated carbocycles. The van der Waals surface area contributed by atoms with E-state index in [0.717, 1.165) is 0 Å². The number of rotatable bonds is 0. The molecule has 0 aliphatic carbocycles. The molecule has 0 N–H and O–H groups in total. The lowest BCUT2D eigenvalue weighted by molar-refractivity contribution is 0.624. The van der Waals surface area contributed by atoms with Crippen LogP contribution in [0.5, 0.6) is 0 Å². The van der Waals surface area contributed by atoms with Crippen molar-refractivity contribution in [2.45, 2.75) is 0 Å². The predicted octanol–water partition coefficient (Wildman–Crippen LogP) is 0.493. The van der Waals surface area contributed by atoms with Crippen LogP contribution in [0.4, 0.5) is 0 Å². The molecule has 0 spiro atoms. The molecular weight excluding hydrogens is 150 g/mol. The van der Waals surface area contributed by atoms with E-state index >= 15 is 0 Å². The first-order valence-corrected chi connectivity index (χ1v) is 3.72. The summed E-state index contributed by atoms with van der Waals surface area (Å²) in [6, 6.07) is 6.43. The predicted molar refractivity (Wildman–Crippen MR) is 36.4 cm³/mol. The summed E-state index contributed by atoms with van der Waals surface area (Å²) in [5, 5.41) is 0. The minimum atomic E-state index is -2.22. The average Bonchev–Trinajstić information content (AvgIpc) is 2.12. The number of nitrogens with zero attached hydrogens (tertiary/aromatic N) is 1. The van der Waals surface area contributed by atoms with Crippen molar-refractivity contribution in [1.82, 2.24) is 4.98 Å². The van der Waals surface area contributed by atoms with Gasteiger partial charge >= 0.3 is 0 Å². The minimum absolute atomic E-state index is 0.0602. The van der Waals surface area contributed by atoms with Gasteiger partial charge in [0, 0.05) is 6.20 Å². The fraction of sp³-hybridized carbons (Fsp3) is 0. The van der Waals surface area contributed by atoms with Gasteiger partial charge < -0.3 is 0 Å². The Kier molecular flexibility index (Phi) is 2.17. The van der Waals surface area contributed by atoms with Crippen molar-refractivity contribution >= 4 is 10.3 Å². The molecule has 3 nitrogen and oxygen atoms in total. The Morgan fingerprint density at radius 1 is 1.20 bits per heavy atom. The Morgan fingerprint density at radius 3 is 2.70 bits per heavy atom. The lowest BCUT2D eigenvalue weighted by Crippen LogP contribution is -1.67. The summed E-state index contributed by atoms with van der Waals surface area (Å²) in [4.78, 5) is 3.63. The van der Waals surface area contributed by atoms with E-state index in [0.29, 0.717) is 0 Å². The van der Waals surface area contributed by atoms with Crippen molar-refractivity contribution in [3.63, 3.8) is 0 Å². The molecule has 0 unspecified atom stereocenters. The van der Waals surface area contributed by atoms with Crippen LogP contribution in [0.3, 0.4) is 0 Å². The van der Waals surface area contributed by atoms with Gasteiger partial charge in [0.2, 0.25) is 10.3 Å². The SMILES string of the molecule is O=S(=O)=c1cccccn1. The molecule has 0 aliphatic rings. The quantitative estimate of drug-likeness (QED) is 0.512. The normalized spacial score (nSPS) is 8.80. The minimum Gasteiger partial charge on any atom is -0.241 e. The van der Waals surface area contributed by atoms with Crippen LogP contribution in [0.2, 0.25) is 0 Å². The van der Waals surface area contributed by atoms with Crippen LogP contribution in [0.25, 0.3) is 0 Å². The molecule has 0 aromatic carbocycles. The van der Waals surface area contributed by atoms with Gasteiger partial charge in [-0.05, 0) is 12.1 Å². The first-order chi connectivity index (χ1) is 4.80. The first-order valence-electron chi connectivity index (χ1n) is 2.64. The van der Waals surface area contributed by atoms with Gasteiger partial charge in [0.05, 0.1) is 0 Å². The molecule has 1 aromatic rings. The second-order valence-corrected chi connectivity index (χ2v) is 2.48. The summed E-state index contributed by atoms with van der Waals surface area (Å²) in [6.45, 7) is 0. The maximum atomic E-state index is 10.3. The van der Waals surface area contributed by atoms with Crippen LogP contribution < -0.4 is 0 Å². The van der Waals surface area contributed by atoms with Crippen molar-refractivity contribution in [3.05, 3.63) is 35.1 Å². The van der Waals surface area contributed by atoms with Crippen LogP contribution in [0, 0.1) is 4.64 Å². The highest BCUT2D eigenvalue weighted by Crippen LogP contribution is 1.79. The van der Waals surface area contributed by atoms with Crippen molar-refractivity contribution in [1.29, 1.82) is 0 Å². The maximum Gasteiger partial charge on any atom is 0.240 e. The van der Waals surface area contributed by atoms with Crippen molar-refractivity contribution in [3.8, 4) is 0 Å². The molecule has 10 heavy (non-hydrogen) atoms. The molecule has 0 atom stereocenters. The van der Waals surface area contributed by atoms with Crippen molar-refractivity contribution in [2.75, 3.05) is 0 Å². The third-order valence-electron chi connectivity index (χ3n) is 0.920. The van der Waals surface area contributed by atoms with Gasteiger partial charge in [-0.15, -0.1) is 0 Å². The zero-order valence-corrected chi connectivity index (χ0v) is 5.88. The zero-order chi connectivity index (χ0) is 7.40. The van der Waals surface area contributed by atoms with Gasteiger partial charge in [-0.1, -0.05) is 12.1 Å². The zero-order valence-electron chi connectivity index (χ0n) is 5.06. The van der Waals surface area contributed by atoms with Crippen LogP contribution >= 0.6 is 0 Å². The molecule has 1 heterocycles. The van der Waals surface area contributed by atoms with E-state index in [-0.39, 0.29) is 4.64 Å². The average molecular weight is 155 g/mol. The summed E-state index contributed by atoms with van der Waals surface area (Å²) >= 11 is 0. The van der Waals surface area contributed by atoms with Gasteiger partial charge in [0.15, 0.2) is 4.64 Å². The Hall–Kier alpha value is -1.16. The van der Waals surface area contributed by atoms with E-state index in [9.17, 15) is 8.42 Å². The van der Waals surface area contributed by atoms with E-state index in [1.165, 1.54) is 12.3 Å². The van der Waals surface area contributed by atoms with E-state index in [1.807, 2.05) is 0 Å². The topological polar surface area (TPSA) is 47.0 Å². The second kappa shape index (κ2) is 3.12. The molecule has 0 fully saturated rings. The standard InChI is InChI=1S/C6H5NO2S/c8-10(9)6-4-2-1-3-5-7-6/h1-5H. The molecule has 4 heteroatoms. The number of hydrogen-bond acceptors (Lipinski definition) is 3. The first kappa shape index (κ1) is 6.95. The summed E-state index contributed by atoms with van der Waals surface area (Å²) < 4.78 is 20.6. The Morgan fingerprint density at radius 2 is 2.00 bits per heavy atom. The van der Waals surface area contributed by atoms with Gasteiger partial charge in [-0.2, -0.15) is 8.42 Å². The molecule has 1 aromatic heterocycles. The molecule has 52 valence electrons. The van der Waals surface area contributed by atoms with E-state index in [4.69, 9.17) is 0 Å². The van der Waals surface area contributed by atoms with Crippen molar-refractivity contribution < 1.29 is 8.42 Å². The molecular formula is C6H5NO2S. The second-order valence-electron chi connectivity index (χ2n) is 1.60. The fourth-order valence-corrected chi connectivity index (χ4v) is 0.846. The lowest BCUT2D eigenvalue weighted by Gasteiger charge is -1.62. The van der Waals surface area contributed by atoms with Gasteiger partial charge in [0.1, 0.15) is 0 Å². The Labute approximate surface area is 59.5 Å². The van der Waals surface area contributed by atoms with E-state index in [1.54, 1.807) is 18.2 Å². The van der Waals surface area contributed by atoms with Gasteiger partial charge in [-0.25, -0.2) is 4.98 Å². The highest BCUT2D eigenvalue weighted by molar-refractivity contribution is 7.63. The number of hydrogen-bond donors (Lipinski definition) is 0.